The summed E-state index contributed by atoms with van der Waals surface area (Å²) in [5.41, 5.74) is 0.0257. The second kappa shape index (κ2) is 10.9. The Labute approximate surface area is 263 Å². The minimum absolute atomic E-state index is 0.00648. The predicted molar refractivity (Wildman–Crippen MR) is 159 cm³/mol. The number of aromatic amines is 1. The van der Waals surface area contributed by atoms with Crippen molar-refractivity contribution in [1.82, 2.24) is 9.88 Å². The zero-order valence-corrected chi connectivity index (χ0v) is 25.7. The predicted octanol–water partition coefficient (Wildman–Crippen LogP) is 4.97. The molecular weight excluding hydrogens is 631 g/mol. The Morgan fingerprint density at radius 1 is 1.02 bits per heavy atom. The zero-order chi connectivity index (χ0) is 31.8. The topological polar surface area (TPSA) is 118 Å². The molecule has 9 nitrogen and oxygen atoms in total. The number of rotatable bonds is 7. The van der Waals surface area contributed by atoms with E-state index in [1.54, 1.807) is 26.0 Å². The summed E-state index contributed by atoms with van der Waals surface area (Å²) in [6, 6.07) is 9.98. The van der Waals surface area contributed by atoms with Crippen LogP contribution in [0.3, 0.4) is 0 Å². The van der Waals surface area contributed by atoms with Crippen LogP contribution >= 0.6 is 23.1 Å². The largest absolute Gasteiger partial charge is 0.493 e. The van der Waals surface area contributed by atoms with Crippen LogP contribution in [0.1, 0.15) is 34.8 Å². The van der Waals surface area contributed by atoms with Gasteiger partial charge in [0.05, 0.1) is 36.6 Å². The average molecular weight is 660 g/mol. The highest BCUT2D eigenvalue weighted by atomic mass is 32.2. The summed E-state index contributed by atoms with van der Waals surface area (Å²) in [4.78, 5) is 57.6. The van der Waals surface area contributed by atoms with Crippen molar-refractivity contribution in [3.05, 3.63) is 68.1 Å². The van der Waals surface area contributed by atoms with Crippen LogP contribution in [0.25, 0.3) is 0 Å². The van der Waals surface area contributed by atoms with Crippen LogP contribution in [-0.2, 0) is 20.6 Å². The first-order chi connectivity index (χ1) is 21.5. The maximum atomic E-state index is 13.8. The number of ether oxygens (including phenoxy) is 2. The number of carbonyl (C=O) groups excluding carboxylic acids is 3. The molecule has 2 N–H and O–H groups in total. The molecule has 2 aromatic carbocycles. The normalized spacial score (nSPS) is 28.1. The smallest absolute Gasteiger partial charge is 0.416 e. The van der Waals surface area contributed by atoms with Crippen molar-refractivity contribution in [2.45, 2.75) is 35.2 Å². The number of halogens is 3. The number of anilines is 1. The third kappa shape index (κ3) is 4.84. The SMILES string of the molecule is COc1ccc(C2c3sc(=O)[nH]c3SC3C4CC(C5C(=O)N(CCC(=O)Nc6cccc(C(F)(F)F)c6)C(=O)C45)C23)cc1OC. The van der Waals surface area contributed by atoms with E-state index < -0.39 is 29.5 Å². The summed E-state index contributed by atoms with van der Waals surface area (Å²) in [6.45, 7) is -0.156. The van der Waals surface area contributed by atoms with Gasteiger partial charge in [-0.05, 0) is 60.1 Å². The number of methoxy groups -OCH3 is 2. The highest BCUT2D eigenvalue weighted by Crippen LogP contribution is 2.68. The number of carbonyl (C=O) groups is 3. The molecule has 14 heteroatoms. The van der Waals surface area contributed by atoms with Crippen LogP contribution in [0.2, 0.25) is 0 Å². The van der Waals surface area contributed by atoms with Gasteiger partial charge in [-0.3, -0.25) is 24.1 Å². The van der Waals surface area contributed by atoms with Crippen molar-refractivity contribution in [2.24, 2.45) is 29.6 Å². The van der Waals surface area contributed by atoms with Crippen LogP contribution < -0.4 is 19.7 Å². The first-order valence-electron chi connectivity index (χ1n) is 14.4. The van der Waals surface area contributed by atoms with E-state index in [0.29, 0.717) is 17.9 Å². The standard InChI is InChI=1S/C31H28F3N3O6S2/c1-42-18-7-6-13(10-19(18)43-2)21-22-16-12-17(25(22)44-27-26(21)45-30(41)36-27)24-23(16)28(39)37(29(24)40)9-8-20(38)35-15-5-3-4-14(11-15)31(32,33)34/h3-7,10-11,16-17,21-25H,8-9,12H2,1-2H3,(H,35,38)(H,36,41). The van der Waals surface area contributed by atoms with Crippen LogP contribution in [-0.4, -0.2) is 53.6 Å². The highest BCUT2D eigenvalue weighted by Gasteiger charge is 2.69. The van der Waals surface area contributed by atoms with Gasteiger partial charge in [0, 0.05) is 34.7 Å². The van der Waals surface area contributed by atoms with E-state index in [-0.39, 0.29) is 64.3 Å². The van der Waals surface area contributed by atoms with Crippen LogP contribution in [0.15, 0.2) is 52.3 Å². The number of aromatic nitrogens is 1. The molecule has 2 aliphatic heterocycles. The monoisotopic (exact) mass is 659 g/mol. The van der Waals surface area contributed by atoms with Crippen molar-refractivity contribution in [3.63, 3.8) is 0 Å². The number of likely N-dealkylation sites (tertiary alicyclic amines) is 1. The Balaban J connectivity index is 1.13. The first-order valence-corrected chi connectivity index (χ1v) is 16.1. The number of fused-ring (bicyclic) bond motifs is 9. The molecule has 3 heterocycles. The molecule has 0 radical (unpaired) electrons. The molecule has 2 aliphatic carbocycles. The Kier molecular flexibility index (Phi) is 7.27. The number of hydrogen-bond acceptors (Lipinski definition) is 8. The van der Waals surface area contributed by atoms with E-state index in [4.69, 9.17) is 9.47 Å². The van der Waals surface area contributed by atoms with Gasteiger partial charge in [0.15, 0.2) is 11.5 Å². The molecule has 2 bridgehead atoms. The van der Waals surface area contributed by atoms with Crippen LogP contribution in [0.4, 0.5) is 18.9 Å². The lowest BCUT2D eigenvalue weighted by molar-refractivity contribution is -0.141. The Hall–Kier alpha value is -3.78. The molecule has 7 rings (SSSR count). The minimum atomic E-state index is -4.56. The number of benzene rings is 2. The first kappa shape index (κ1) is 29.9. The molecular formula is C31H28F3N3O6S2. The molecule has 0 spiro atoms. The van der Waals surface area contributed by atoms with Crippen molar-refractivity contribution in [1.29, 1.82) is 0 Å². The van der Waals surface area contributed by atoms with Crippen LogP contribution in [0, 0.1) is 29.6 Å². The highest BCUT2D eigenvalue weighted by molar-refractivity contribution is 8.00. The van der Waals surface area contributed by atoms with Crippen LogP contribution in [0.5, 0.6) is 11.5 Å². The van der Waals surface area contributed by atoms with Gasteiger partial charge in [-0.25, -0.2) is 0 Å². The van der Waals surface area contributed by atoms with E-state index in [2.05, 4.69) is 10.3 Å². The van der Waals surface area contributed by atoms with Crippen molar-refractivity contribution < 1.29 is 37.0 Å². The van der Waals surface area contributed by atoms with Gasteiger partial charge < -0.3 is 19.8 Å². The fraction of sp³-hybridized carbons (Fsp3) is 0.419. The van der Waals surface area contributed by atoms with Gasteiger partial charge in [0.25, 0.3) is 0 Å². The Bertz CT molecular complexity index is 1770. The van der Waals surface area contributed by atoms with Gasteiger partial charge in [-0.15, -0.1) is 11.8 Å². The fourth-order valence-electron chi connectivity index (χ4n) is 7.93. The van der Waals surface area contributed by atoms with Crippen molar-refractivity contribution in [3.8, 4) is 11.5 Å². The van der Waals surface area contributed by atoms with E-state index >= 15 is 0 Å². The maximum absolute atomic E-state index is 13.8. The summed E-state index contributed by atoms with van der Waals surface area (Å²) >= 11 is 2.74. The number of H-pyrrole nitrogens is 1. The average Bonchev–Trinajstić information content (AvgIpc) is 3.74. The molecule has 7 unspecified atom stereocenters. The molecule has 45 heavy (non-hydrogen) atoms. The maximum Gasteiger partial charge on any atom is 0.416 e. The second-order valence-electron chi connectivity index (χ2n) is 11.8. The lowest BCUT2D eigenvalue weighted by atomic mass is 9.68. The quantitative estimate of drug-likeness (QED) is 0.344. The minimum Gasteiger partial charge on any atom is -0.493 e. The molecule has 2 saturated carbocycles. The Morgan fingerprint density at radius 2 is 1.76 bits per heavy atom. The van der Waals surface area contributed by atoms with E-state index in [0.717, 1.165) is 43.8 Å². The summed E-state index contributed by atoms with van der Waals surface area (Å²) in [5, 5.41) is 3.22. The second-order valence-corrected chi connectivity index (χ2v) is 14.0. The van der Waals surface area contributed by atoms with E-state index in [1.165, 1.54) is 12.1 Å². The molecule has 3 aromatic rings. The number of hydrogen-bond donors (Lipinski definition) is 2. The molecule has 7 atom stereocenters. The fourth-order valence-corrected chi connectivity index (χ4v) is 10.8. The molecule has 236 valence electrons. The molecule has 1 aromatic heterocycles. The third-order valence-corrected chi connectivity index (χ3v) is 12.2. The molecule has 3 fully saturated rings. The summed E-state index contributed by atoms with van der Waals surface area (Å²) in [5.74, 6) is -1.55. The van der Waals surface area contributed by atoms with Crippen molar-refractivity contribution >= 4 is 46.5 Å². The number of amides is 3. The number of nitrogens with one attached hydrogen (secondary N) is 2. The third-order valence-electron chi connectivity index (χ3n) is 9.62. The molecule has 1 saturated heterocycles. The number of thioether (sulfide) groups is 1. The number of alkyl halides is 3. The van der Waals surface area contributed by atoms with Gasteiger partial charge in [-0.2, -0.15) is 13.2 Å². The lowest BCUT2D eigenvalue weighted by Crippen LogP contribution is -2.42. The zero-order valence-electron chi connectivity index (χ0n) is 24.1. The van der Waals surface area contributed by atoms with Gasteiger partial charge in [-0.1, -0.05) is 23.5 Å². The van der Waals surface area contributed by atoms with Gasteiger partial charge in [0.2, 0.25) is 17.7 Å². The van der Waals surface area contributed by atoms with E-state index in [1.807, 2.05) is 18.2 Å². The van der Waals surface area contributed by atoms with Crippen molar-refractivity contribution in [2.75, 3.05) is 26.1 Å². The Morgan fingerprint density at radius 3 is 2.47 bits per heavy atom. The molecule has 3 amide bonds. The number of thiazole rings is 1. The number of imide groups is 1. The van der Waals surface area contributed by atoms with Gasteiger partial charge >= 0.3 is 11.0 Å². The van der Waals surface area contributed by atoms with E-state index in [9.17, 15) is 32.3 Å². The summed E-state index contributed by atoms with van der Waals surface area (Å²) in [6.07, 6.45) is -4.08. The summed E-state index contributed by atoms with van der Waals surface area (Å²) in [7, 11) is 3.11. The lowest BCUT2D eigenvalue weighted by Gasteiger charge is -2.43. The molecule has 4 aliphatic rings. The number of nitrogens with zero attached hydrogens (tertiary/aromatic N) is 1. The summed E-state index contributed by atoms with van der Waals surface area (Å²) < 4.78 is 50.2. The van der Waals surface area contributed by atoms with Gasteiger partial charge in [0.1, 0.15) is 0 Å².